The fourth-order valence-corrected chi connectivity index (χ4v) is 2.20. The molecule has 104 valence electrons. The number of methoxy groups -OCH3 is 1. The van der Waals surface area contributed by atoms with Crippen LogP contribution in [-0.4, -0.2) is 44.2 Å². The highest BCUT2D eigenvalue weighted by Crippen LogP contribution is 2.26. The largest absolute Gasteiger partial charge is 0.468 e. The average Bonchev–Trinajstić information content (AvgIpc) is 2.42. The normalized spacial score (nSPS) is 20.3. The Hall–Kier alpha value is -1.17. The molecule has 2 rings (SSSR count). The number of carbonyl (C=O) groups is 1. The van der Waals surface area contributed by atoms with Gasteiger partial charge in [-0.15, -0.1) is 0 Å². The van der Waals surface area contributed by atoms with Gasteiger partial charge in [0, 0.05) is 13.1 Å². The molecule has 1 aliphatic heterocycles. The quantitative estimate of drug-likeness (QED) is 0.798. The lowest BCUT2D eigenvalue weighted by molar-refractivity contribution is -0.143. The molecule has 1 saturated heterocycles. The highest BCUT2D eigenvalue weighted by Gasteiger charge is 2.24. The van der Waals surface area contributed by atoms with Crippen LogP contribution in [0, 0.1) is 5.82 Å². The molecule has 0 spiro atoms. The fourth-order valence-electron chi connectivity index (χ4n) is 2.01. The summed E-state index contributed by atoms with van der Waals surface area (Å²) in [6, 6.07) is 4.52. The lowest BCUT2D eigenvalue weighted by Crippen LogP contribution is -2.41. The van der Waals surface area contributed by atoms with E-state index in [4.69, 9.17) is 16.3 Å². The SMILES string of the molecule is COC(=O)CN1CCO[C@@H](c2ccc(F)c(Cl)c2)C1. The van der Waals surface area contributed by atoms with Crippen LogP contribution >= 0.6 is 11.6 Å². The number of benzene rings is 1. The van der Waals surface area contributed by atoms with E-state index in [0.717, 1.165) is 5.56 Å². The lowest BCUT2D eigenvalue weighted by Gasteiger charge is -2.32. The summed E-state index contributed by atoms with van der Waals surface area (Å²) in [5, 5.41) is 0.0752. The van der Waals surface area contributed by atoms with Gasteiger partial charge in [0.1, 0.15) is 5.82 Å². The van der Waals surface area contributed by atoms with Crippen LogP contribution in [0.25, 0.3) is 0 Å². The van der Waals surface area contributed by atoms with Crippen molar-refractivity contribution in [3.63, 3.8) is 0 Å². The Morgan fingerprint density at radius 1 is 1.63 bits per heavy atom. The second-order valence-corrected chi connectivity index (χ2v) is 4.75. The predicted molar refractivity (Wildman–Crippen MR) is 68.6 cm³/mol. The van der Waals surface area contributed by atoms with E-state index in [1.54, 1.807) is 12.1 Å². The zero-order chi connectivity index (χ0) is 13.8. The molecule has 0 amide bonds. The van der Waals surface area contributed by atoms with E-state index in [1.165, 1.54) is 13.2 Å². The van der Waals surface area contributed by atoms with Crippen molar-refractivity contribution < 1.29 is 18.7 Å². The standard InChI is InChI=1S/C13H15ClFNO3/c1-18-13(17)8-16-4-5-19-12(7-16)9-2-3-11(15)10(14)6-9/h2-3,6,12H,4-5,7-8H2,1H3/t12-/m1/s1. The average molecular weight is 288 g/mol. The third-order valence-electron chi connectivity index (χ3n) is 3.05. The summed E-state index contributed by atoms with van der Waals surface area (Å²) < 4.78 is 23.4. The number of carbonyl (C=O) groups excluding carboxylic acids is 1. The maximum atomic E-state index is 13.1. The van der Waals surface area contributed by atoms with Gasteiger partial charge in [-0.2, -0.15) is 0 Å². The van der Waals surface area contributed by atoms with E-state index in [1.807, 2.05) is 4.90 Å². The van der Waals surface area contributed by atoms with Crippen LogP contribution in [-0.2, 0) is 14.3 Å². The Bertz CT molecular complexity index is 469. The lowest BCUT2D eigenvalue weighted by atomic mass is 10.1. The summed E-state index contributed by atoms with van der Waals surface area (Å²) in [6.45, 7) is 1.96. The number of rotatable bonds is 3. The topological polar surface area (TPSA) is 38.8 Å². The van der Waals surface area contributed by atoms with Crippen LogP contribution in [0.1, 0.15) is 11.7 Å². The molecule has 1 aromatic rings. The molecule has 0 unspecified atom stereocenters. The molecule has 0 aliphatic carbocycles. The minimum Gasteiger partial charge on any atom is -0.468 e. The summed E-state index contributed by atoms with van der Waals surface area (Å²) >= 11 is 5.76. The molecule has 1 aromatic carbocycles. The predicted octanol–water partition coefficient (Wildman–Crippen LogP) is 2.03. The second-order valence-electron chi connectivity index (χ2n) is 4.34. The monoisotopic (exact) mass is 287 g/mol. The molecule has 0 radical (unpaired) electrons. The van der Waals surface area contributed by atoms with Crippen molar-refractivity contribution in [2.24, 2.45) is 0 Å². The minimum atomic E-state index is -0.451. The molecule has 6 heteroatoms. The Morgan fingerprint density at radius 3 is 3.11 bits per heavy atom. The van der Waals surface area contributed by atoms with Crippen molar-refractivity contribution >= 4 is 17.6 Å². The van der Waals surface area contributed by atoms with Gasteiger partial charge in [-0.1, -0.05) is 17.7 Å². The maximum absolute atomic E-state index is 13.1. The van der Waals surface area contributed by atoms with Gasteiger partial charge < -0.3 is 9.47 Å². The number of hydrogen-bond acceptors (Lipinski definition) is 4. The Balaban J connectivity index is 2.04. The van der Waals surface area contributed by atoms with E-state index in [0.29, 0.717) is 19.7 Å². The first-order valence-electron chi connectivity index (χ1n) is 5.96. The smallest absolute Gasteiger partial charge is 0.319 e. The molecular weight excluding hydrogens is 273 g/mol. The molecule has 19 heavy (non-hydrogen) atoms. The van der Waals surface area contributed by atoms with Gasteiger partial charge in [0.15, 0.2) is 0 Å². The number of halogens is 2. The van der Waals surface area contributed by atoms with Crippen molar-refractivity contribution in [3.05, 3.63) is 34.6 Å². The van der Waals surface area contributed by atoms with E-state index >= 15 is 0 Å². The first kappa shape index (κ1) is 14.2. The van der Waals surface area contributed by atoms with Crippen LogP contribution in [0.4, 0.5) is 4.39 Å². The Morgan fingerprint density at radius 2 is 2.42 bits per heavy atom. The van der Waals surface area contributed by atoms with Crippen LogP contribution < -0.4 is 0 Å². The number of ether oxygens (including phenoxy) is 2. The Labute approximate surface area is 116 Å². The highest BCUT2D eigenvalue weighted by molar-refractivity contribution is 6.30. The highest BCUT2D eigenvalue weighted by atomic mass is 35.5. The number of nitrogens with zero attached hydrogens (tertiary/aromatic N) is 1. The van der Waals surface area contributed by atoms with Gasteiger partial charge in [0.2, 0.25) is 0 Å². The molecule has 1 atom stereocenters. The van der Waals surface area contributed by atoms with E-state index in [-0.39, 0.29) is 23.6 Å². The van der Waals surface area contributed by atoms with Gasteiger partial charge in [-0.3, -0.25) is 9.69 Å². The molecule has 1 aliphatic rings. The minimum absolute atomic E-state index is 0.0752. The fraction of sp³-hybridized carbons (Fsp3) is 0.462. The molecule has 1 fully saturated rings. The maximum Gasteiger partial charge on any atom is 0.319 e. The second kappa shape index (κ2) is 6.32. The molecule has 0 aromatic heterocycles. The summed E-state index contributed by atoms with van der Waals surface area (Å²) in [7, 11) is 1.36. The first-order chi connectivity index (χ1) is 9.10. The molecule has 4 nitrogen and oxygen atoms in total. The van der Waals surface area contributed by atoms with Gasteiger partial charge >= 0.3 is 5.97 Å². The molecule has 0 N–H and O–H groups in total. The van der Waals surface area contributed by atoms with E-state index in [9.17, 15) is 9.18 Å². The van der Waals surface area contributed by atoms with Gasteiger partial charge in [-0.05, 0) is 17.7 Å². The zero-order valence-corrected chi connectivity index (χ0v) is 11.3. The van der Waals surface area contributed by atoms with Crippen molar-refractivity contribution in [2.45, 2.75) is 6.10 Å². The number of hydrogen-bond donors (Lipinski definition) is 0. The van der Waals surface area contributed by atoms with Crippen LogP contribution in [0.15, 0.2) is 18.2 Å². The number of morpholine rings is 1. The van der Waals surface area contributed by atoms with Gasteiger partial charge in [0.25, 0.3) is 0 Å². The van der Waals surface area contributed by atoms with Crippen LogP contribution in [0.2, 0.25) is 5.02 Å². The van der Waals surface area contributed by atoms with Crippen molar-refractivity contribution in [2.75, 3.05) is 33.4 Å². The van der Waals surface area contributed by atoms with Crippen molar-refractivity contribution in [3.8, 4) is 0 Å². The van der Waals surface area contributed by atoms with Crippen molar-refractivity contribution in [1.29, 1.82) is 0 Å². The summed E-state index contributed by atoms with van der Waals surface area (Å²) in [4.78, 5) is 13.2. The molecule has 0 bridgehead atoms. The van der Waals surface area contributed by atoms with Crippen LogP contribution in [0.3, 0.4) is 0 Å². The summed E-state index contributed by atoms with van der Waals surface area (Å²) in [5.74, 6) is -0.731. The third kappa shape index (κ3) is 3.65. The molecule has 1 heterocycles. The van der Waals surface area contributed by atoms with Crippen LogP contribution in [0.5, 0.6) is 0 Å². The van der Waals surface area contributed by atoms with E-state index < -0.39 is 5.82 Å². The molecular formula is C13H15ClFNO3. The van der Waals surface area contributed by atoms with Gasteiger partial charge in [0.05, 0.1) is 31.4 Å². The van der Waals surface area contributed by atoms with E-state index in [2.05, 4.69) is 4.74 Å². The third-order valence-corrected chi connectivity index (χ3v) is 3.34. The summed E-state index contributed by atoms with van der Waals surface area (Å²) in [5.41, 5.74) is 0.806. The Kier molecular flexibility index (Phi) is 4.74. The summed E-state index contributed by atoms with van der Waals surface area (Å²) in [6.07, 6.45) is -0.212. The number of esters is 1. The van der Waals surface area contributed by atoms with Crippen molar-refractivity contribution in [1.82, 2.24) is 4.90 Å². The van der Waals surface area contributed by atoms with Gasteiger partial charge in [-0.25, -0.2) is 4.39 Å². The first-order valence-corrected chi connectivity index (χ1v) is 6.33. The molecule has 0 saturated carbocycles. The zero-order valence-electron chi connectivity index (χ0n) is 10.6.